The van der Waals surface area contributed by atoms with E-state index in [4.69, 9.17) is 16.9 Å². The molecule has 1 aromatic carbocycles. The van der Waals surface area contributed by atoms with Gasteiger partial charge in [-0.1, -0.05) is 18.5 Å². The molecule has 0 aliphatic heterocycles. The van der Waals surface area contributed by atoms with Gasteiger partial charge in [0.1, 0.15) is 6.07 Å². The van der Waals surface area contributed by atoms with Crippen LogP contribution in [0.15, 0.2) is 12.1 Å². The predicted molar refractivity (Wildman–Crippen MR) is 72.7 cm³/mol. The highest BCUT2D eigenvalue weighted by Crippen LogP contribution is 2.32. The minimum Gasteiger partial charge on any atom is -0.393 e. The lowest BCUT2D eigenvalue weighted by molar-refractivity contribution is 0.139. The largest absolute Gasteiger partial charge is 0.393 e. The second-order valence-corrected chi connectivity index (χ2v) is 5.34. The number of aliphatic hydroxyl groups is 1. The molecule has 0 aromatic heterocycles. The summed E-state index contributed by atoms with van der Waals surface area (Å²) in [5.74, 6) is 0.235. The Balaban J connectivity index is 2.21. The minimum absolute atomic E-state index is 0.225. The van der Waals surface area contributed by atoms with E-state index in [1.165, 1.54) is 0 Å². The Kier molecular flexibility index (Phi) is 3.79. The SMILES string of the molecule is Cc1c(NC2CCC(O)[C@@H]2C)ccc(C#N)c1Cl. The van der Waals surface area contributed by atoms with Gasteiger partial charge in [-0.15, -0.1) is 0 Å². The monoisotopic (exact) mass is 264 g/mol. The van der Waals surface area contributed by atoms with Gasteiger partial charge >= 0.3 is 0 Å². The number of benzene rings is 1. The number of nitrogens with one attached hydrogen (secondary N) is 1. The molecule has 96 valence electrons. The van der Waals surface area contributed by atoms with Crippen molar-refractivity contribution in [3.63, 3.8) is 0 Å². The van der Waals surface area contributed by atoms with Crippen molar-refractivity contribution in [3.8, 4) is 6.07 Å². The number of hydrogen-bond acceptors (Lipinski definition) is 3. The van der Waals surface area contributed by atoms with Crippen LogP contribution in [0.3, 0.4) is 0 Å². The van der Waals surface area contributed by atoms with Crippen molar-refractivity contribution in [2.24, 2.45) is 5.92 Å². The summed E-state index contributed by atoms with van der Waals surface area (Å²) in [6, 6.07) is 5.96. The number of halogens is 1. The maximum absolute atomic E-state index is 9.74. The molecule has 0 amide bonds. The maximum atomic E-state index is 9.74. The molecule has 2 unspecified atom stereocenters. The zero-order valence-electron chi connectivity index (χ0n) is 10.6. The molecule has 1 aliphatic rings. The van der Waals surface area contributed by atoms with E-state index < -0.39 is 0 Å². The van der Waals surface area contributed by atoms with E-state index in [0.717, 1.165) is 24.1 Å². The van der Waals surface area contributed by atoms with Crippen molar-refractivity contribution in [2.45, 2.75) is 38.8 Å². The predicted octanol–water partition coefficient (Wildman–Crippen LogP) is 3.09. The van der Waals surface area contributed by atoms with E-state index in [9.17, 15) is 5.11 Å². The van der Waals surface area contributed by atoms with Crippen molar-refractivity contribution < 1.29 is 5.11 Å². The second-order valence-electron chi connectivity index (χ2n) is 4.97. The molecule has 1 aromatic rings. The number of hydrogen-bond donors (Lipinski definition) is 2. The molecule has 18 heavy (non-hydrogen) atoms. The van der Waals surface area contributed by atoms with Gasteiger partial charge in [0.15, 0.2) is 0 Å². The van der Waals surface area contributed by atoms with Gasteiger partial charge in [0.2, 0.25) is 0 Å². The fourth-order valence-corrected chi connectivity index (χ4v) is 2.68. The number of rotatable bonds is 2. The van der Waals surface area contributed by atoms with E-state index in [2.05, 4.69) is 18.3 Å². The molecule has 0 radical (unpaired) electrons. The highest BCUT2D eigenvalue weighted by atomic mass is 35.5. The van der Waals surface area contributed by atoms with Gasteiger partial charge in [-0.3, -0.25) is 0 Å². The first kappa shape index (κ1) is 13.2. The number of nitrogens with zero attached hydrogens (tertiary/aromatic N) is 1. The van der Waals surface area contributed by atoms with E-state index in [1.54, 1.807) is 6.07 Å². The summed E-state index contributed by atoms with van der Waals surface area (Å²) in [5.41, 5.74) is 2.34. The molecule has 2 rings (SSSR count). The summed E-state index contributed by atoms with van der Waals surface area (Å²) in [5, 5.41) is 22.6. The Morgan fingerprint density at radius 1 is 1.44 bits per heavy atom. The molecule has 3 atom stereocenters. The summed E-state index contributed by atoms with van der Waals surface area (Å²) >= 11 is 6.14. The molecular formula is C14H17ClN2O. The molecule has 0 bridgehead atoms. The van der Waals surface area contributed by atoms with Crippen LogP contribution in [0, 0.1) is 24.2 Å². The average molecular weight is 265 g/mol. The standard InChI is InChI=1S/C14H17ClN2O/c1-8-11(5-6-13(8)18)17-12-4-3-10(7-16)14(15)9(12)2/h3-4,8,11,13,17-18H,5-6H2,1-2H3/t8-,11?,13?/m1/s1. The van der Waals surface area contributed by atoms with Crippen LogP contribution in [0.1, 0.15) is 30.9 Å². The minimum atomic E-state index is -0.225. The van der Waals surface area contributed by atoms with Crippen LogP contribution in [0.4, 0.5) is 5.69 Å². The van der Waals surface area contributed by atoms with Crippen LogP contribution in [-0.2, 0) is 0 Å². The molecule has 0 heterocycles. The van der Waals surface area contributed by atoms with Crippen molar-refractivity contribution >= 4 is 17.3 Å². The van der Waals surface area contributed by atoms with Gasteiger partial charge in [0.25, 0.3) is 0 Å². The Bertz CT molecular complexity index is 495. The smallest absolute Gasteiger partial charge is 0.101 e. The number of anilines is 1. The molecule has 0 saturated heterocycles. The summed E-state index contributed by atoms with van der Waals surface area (Å²) in [4.78, 5) is 0. The molecule has 0 spiro atoms. The zero-order chi connectivity index (χ0) is 13.3. The summed E-state index contributed by atoms with van der Waals surface area (Å²) in [7, 11) is 0. The molecule has 4 heteroatoms. The molecule has 1 saturated carbocycles. The third kappa shape index (κ3) is 2.31. The molecule has 1 fully saturated rings. The molecular weight excluding hydrogens is 248 g/mol. The molecule has 3 nitrogen and oxygen atoms in total. The van der Waals surface area contributed by atoms with Crippen LogP contribution in [-0.4, -0.2) is 17.3 Å². The Morgan fingerprint density at radius 3 is 2.72 bits per heavy atom. The third-order valence-electron chi connectivity index (χ3n) is 3.86. The highest BCUT2D eigenvalue weighted by molar-refractivity contribution is 6.32. The zero-order valence-corrected chi connectivity index (χ0v) is 11.3. The summed E-state index contributed by atoms with van der Waals surface area (Å²) in [6.45, 7) is 3.96. The van der Waals surface area contributed by atoms with Crippen LogP contribution in [0.25, 0.3) is 0 Å². The lowest BCUT2D eigenvalue weighted by atomic mass is 10.0. The first-order chi connectivity index (χ1) is 8.54. The van der Waals surface area contributed by atoms with Crippen molar-refractivity contribution in [1.82, 2.24) is 0 Å². The topological polar surface area (TPSA) is 56.0 Å². The van der Waals surface area contributed by atoms with Gasteiger partial charge in [0, 0.05) is 17.6 Å². The van der Waals surface area contributed by atoms with Gasteiger partial charge < -0.3 is 10.4 Å². The molecule has 1 aliphatic carbocycles. The number of aliphatic hydroxyl groups excluding tert-OH is 1. The van der Waals surface area contributed by atoms with Crippen LogP contribution in [0.5, 0.6) is 0 Å². The fourth-order valence-electron chi connectivity index (χ4n) is 2.48. The van der Waals surface area contributed by atoms with E-state index in [-0.39, 0.29) is 18.1 Å². The van der Waals surface area contributed by atoms with Gasteiger partial charge in [-0.2, -0.15) is 5.26 Å². The fraction of sp³-hybridized carbons (Fsp3) is 0.500. The van der Waals surface area contributed by atoms with E-state index in [1.807, 2.05) is 13.0 Å². The van der Waals surface area contributed by atoms with Gasteiger partial charge in [-0.05, 0) is 37.5 Å². The second kappa shape index (κ2) is 5.17. The van der Waals surface area contributed by atoms with Crippen LogP contribution < -0.4 is 5.32 Å². The maximum Gasteiger partial charge on any atom is 0.101 e. The first-order valence-corrected chi connectivity index (χ1v) is 6.56. The van der Waals surface area contributed by atoms with Crippen LogP contribution >= 0.6 is 11.6 Å². The highest BCUT2D eigenvalue weighted by Gasteiger charge is 2.31. The Hall–Kier alpha value is -1.24. The lowest BCUT2D eigenvalue weighted by Gasteiger charge is -2.22. The third-order valence-corrected chi connectivity index (χ3v) is 4.35. The quantitative estimate of drug-likeness (QED) is 0.863. The molecule has 2 N–H and O–H groups in total. The van der Waals surface area contributed by atoms with Gasteiger partial charge in [0.05, 0.1) is 16.7 Å². The Morgan fingerprint density at radius 2 is 2.17 bits per heavy atom. The van der Waals surface area contributed by atoms with Crippen LogP contribution in [0.2, 0.25) is 5.02 Å². The van der Waals surface area contributed by atoms with Gasteiger partial charge in [-0.25, -0.2) is 0 Å². The lowest BCUT2D eigenvalue weighted by Crippen LogP contribution is -2.27. The van der Waals surface area contributed by atoms with Crippen molar-refractivity contribution in [3.05, 3.63) is 28.3 Å². The summed E-state index contributed by atoms with van der Waals surface area (Å²) in [6.07, 6.45) is 1.57. The van der Waals surface area contributed by atoms with E-state index in [0.29, 0.717) is 10.6 Å². The normalized spacial score (nSPS) is 26.9. The Labute approximate surface area is 112 Å². The van der Waals surface area contributed by atoms with Crippen molar-refractivity contribution in [1.29, 1.82) is 5.26 Å². The average Bonchev–Trinajstić information content (AvgIpc) is 2.67. The van der Waals surface area contributed by atoms with Crippen molar-refractivity contribution in [2.75, 3.05) is 5.32 Å². The summed E-state index contributed by atoms with van der Waals surface area (Å²) < 4.78 is 0. The first-order valence-electron chi connectivity index (χ1n) is 6.18. The number of nitriles is 1. The van der Waals surface area contributed by atoms with E-state index >= 15 is 0 Å².